The number of aryl methyl sites for hydroxylation is 1. The Bertz CT molecular complexity index is 959. The first-order valence-electron chi connectivity index (χ1n) is 9.75. The van der Waals surface area contributed by atoms with Gasteiger partial charge in [0.1, 0.15) is 6.61 Å². The number of carbonyl (C=O) groups is 2. The van der Waals surface area contributed by atoms with Crippen molar-refractivity contribution in [1.29, 1.82) is 0 Å². The first-order valence-corrected chi connectivity index (χ1v) is 9.75. The van der Waals surface area contributed by atoms with Gasteiger partial charge in [0, 0.05) is 18.8 Å². The molecule has 7 heteroatoms. The predicted molar refractivity (Wildman–Crippen MR) is 108 cm³/mol. The molecule has 3 rings (SSSR count). The van der Waals surface area contributed by atoms with Crippen LogP contribution in [-0.2, 0) is 23.2 Å². The minimum Gasteiger partial charge on any atom is -0.482 e. The number of ether oxygens (including phenoxy) is 2. The highest BCUT2D eigenvalue weighted by Crippen LogP contribution is 2.33. The lowest BCUT2D eigenvalue weighted by Crippen LogP contribution is -2.49. The van der Waals surface area contributed by atoms with Crippen molar-refractivity contribution in [2.45, 2.75) is 51.2 Å². The summed E-state index contributed by atoms with van der Waals surface area (Å²) in [5, 5.41) is 0. The number of carbonyl (C=O) groups excluding carboxylic acids is 2. The first kappa shape index (κ1) is 20.6. The summed E-state index contributed by atoms with van der Waals surface area (Å²) in [6.07, 6.45) is 3.23. The molecule has 1 fully saturated rings. The number of rotatable bonds is 6. The van der Waals surface area contributed by atoms with E-state index < -0.39 is 22.9 Å². The maximum absolute atomic E-state index is 13.1. The van der Waals surface area contributed by atoms with Crippen LogP contribution >= 0.6 is 0 Å². The van der Waals surface area contributed by atoms with Gasteiger partial charge >= 0.3 is 5.97 Å². The highest BCUT2D eigenvalue weighted by molar-refractivity contribution is 5.94. The molecule has 154 valence electrons. The molecule has 0 radical (unpaired) electrons. The van der Waals surface area contributed by atoms with E-state index in [9.17, 15) is 14.4 Å². The highest BCUT2D eigenvalue weighted by atomic mass is 16.6. The summed E-state index contributed by atoms with van der Waals surface area (Å²) in [4.78, 5) is 37.8. The number of nitrogens with two attached hydrogens (primary N) is 1. The monoisotopic (exact) mass is 398 g/mol. The zero-order valence-corrected chi connectivity index (χ0v) is 16.8. The quantitative estimate of drug-likeness (QED) is 0.754. The normalized spacial score (nSPS) is 15.5. The molecule has 1 aliphatic carbocycles. The van der Waals surface area contributed by atoms with Gasteiger partial charge in [-0.05, 0) is 38.2 Å². The Morgan fingerprint density at radius 1 is 1.14 bits per heavy atom. The van der Waals surface area contributed by atoms with Gasteiger partial charge in [0.2, 0.25) is 5.43 Å². The number of hydrogen-bond donors (Lipinski definition) is 1. The van der Waals surface area contributed by atoms with E-state index in [1.54, 1.807) is 18.5 Å². The number of hydrogen-bond acceptors (Lipinski definition) is 5. The number of amides is 1. The molecule has 2 N–H and O–H groups in total. The summed E-state index contributed by atoms with van der Waals surface area (Å²) in [6, 6.07) is 10.7. The maximum atomic E-state index is 13.1. The Labute approximate surface area is 169 Å². The van der Waals surface area contributed by atoms with Gasteiger partial charge in [-0.3, -0.25) is 9.59 Å². The third-order valence-electron chi connectivity index (χ3n) is 5.46. The van der Waals surface area contributed by atoms with Crippen molar-refractivity contribution in [3.63, 3.8) is 0 Å². The van der Waals surface area contributed by atoms with Crippen LogP contribution in [0, 0.1) is 6.92 Å². The smallest absolute Gasteiger partial charge is 0.360 e. The Morgan fingerprint density at radius 3 is 2.41 bits per heavy atom. The van der Waals surface area contributed by atoms with Crippen LogP contribution in [0.3, 0.4) is 0 Å². The van der Waals surface area contributed by atoms with Gasteiger partial charge in [-0.1, -0.05) is 36.8 Å². The molecule has 1 aliphatic rings. The number of benzene rings is 1. The Morgan fingerprint density at radius 2 is 1.79 bits per heavy atom. The Hall–Kier alpha value is -3.09. The van der Waals surface area contributed by atoms with Gasteiger partial charge in [0.15, 0.2) is 17.0 Å². The SMILES string of the molecule is Cc1cc(=O)c(OCc2ccccc2)c(C(=O)OC2(C(N)=O)CCCCC2)n1C. The topological polar surface area (TPSA) is 101 Å². The third kappa shape index (κ3) is 4.34. The minimum atomic E-state index is -1.34. The summed E-state index contributed by atoms with van der Waals surface area (Å²) in [5.74, 6) is -1.53. The summed E-state index contributed by atoms with van der Waals surface area (Å²) >= 11 is 0. The second-order valence-electron chi connectivity index (χ2n) is 7.47. The average molecular weight is 398 g/mol. The lowest BCUT2D eigenvalue weighted by atomic mass is 9.84. The fourth-order valence-electron chi connectivity index (χ4n) is 3.64. The van der Waals surface area contributed by atoms with Crippen LogP contribution in [0.1, 0.15) is 53.8 Å². The van der Waals surface area contributed by atoms with E-state index in [0.717, 1.165) is 24.8 Å². The Kier molecular flexibility index (Phi) is 6.06. The number of esters is 1. The van der Waals surface area contributed by atoms with Crippen LogP contribution < -0.4 is 15.9 Å². The van der Waals surface area contributed by atoms with Crippen LogP contribution in [0.25, 0.3) is 0 Å². The van der Waals surface area contributed by atoms with Crippen molar-refractivity contribution in [1.82, 2.24) is 4.57 Å². The summed E-state index contributed by atoms with van der Waals surface area (Å²) < 4.78 is 12.9. The number of primary amides is 1. The van der Waals surface area contributed by atoms with E-state index in [4.69, 9.17) is 15.2 Å². The van der Waals surface area contributed by atoms with Gasteiger partial charge in [0.25, 0.3) is 5.91 Å². The van der Waals surface area contributed by atoms with Crippen LogP contribution in [0.15, 0.2) is 41.2 Å². The van der Waals surface area contributed by atoms with E-state index in [2.05, 4.69) is 0 Å². The number of aromatic nitrogens is 1. The molecule has 1 aromatic heterocycles. The van der Waals surface area contributed by atoms with E-state index in [0.29, 0.717) is 18.5 Å². The van der Waals surface area contributed by atoms with Gasteiger partial charge in [-0.25, -0.2) is 4.79 Å². The number of pyridine rings is 1. The van der Waals surface area contributed by atoms with Gasteiger partial charge in [-0.2, -0.15) is 0 Å². The zero-order valence-electron chi connectivity index (χ0n) is 16.8. The van der Waals surface area contributed by atoms with Gasteiger partial charge in [0.05, 0.1) is 0 Å². The van der Waals surface area contributed by atoms with Crippen molar-refractivity contribution >= 4 is 11.9 Å². The van der Waals surface area contributed by atoms with E-state index in [1.807, 2.05) is 30.3 Å². The molecule has 7 nitrogen and oxygen atoms in total. The van der Waals surface area contributed by atoms with Crippen molar-refractivity contribution in [2.24, 2.45) is 12.8 Å². The third-order valence-corrected chi connectivity index (χ3v) is 5.46. The lowest BCUT2D eigenvalue weighted by molar-refractivity contribution is -0.140. The highest BCUT2D eigenvalue weighted by Gasteiger charge is 2.43. The fraction of sp³-hybridized carbons (Fsp3) is 0.409. The largest absolute Gasteiger partial charge is 0.482 e. The van der Waals surface area contributed by atoms with Crippen molar-refractivity contribution < 1.29 is 19.1 Å². The first-order chi connectivity index (χ1) is 13.8. The Balaban J connectivity index is 1.95. The van der Waals surface area contributed by atoms with Crippen LogP contribution in [0.2, 0.25) is 0 Å². The molecular weight excluding hydrogens is 372 g/mol. The fourth-order valence-corrected chi connectivity index (χ4v) is 3.64. The second kappa shape index (κ2) is 8.51. The number of nitrogens with zero attached hydrogens (tertiary/aromatic N) is 1. The molecule has 1 aromatic carbocycles. The molecule has 0 spiro atoms. The average Bonchev–Trinajstić information content (AvgIpc) is 2.70. The summed E-state index contributed by atoms with van der Waals surface area (Å²) in [7, 11) is 1.65. The van der Waals surface area contributed by atoms with Crippen LogP contribution in [0.5, 0.6) is 5.75 Å². The molecule has 1 amide bonds. The predicted octanol–water partition coefficient (Wildman–Crippen LogP) is 2.62. The van der Waals surface area contributed by atoms with E-state index >= 15 is 0 Å². The van der Waals surface area contributed by atoms with E-state index in [1.165, 1.54) is 6.07 Å². The molecular formula is C22H26N2O5. The molecule has 0 bridgehead atoms. The van der Waals surface area contributed by atoms with Crippen LogP contribution in [0.4, 0.5) is 0 Å². The molecule has 0 unspecified atom stereocenters. The van der Waals surface area contributed by atoms with Crippen molar-refractivity contribution in [3.8, 4) is 5.75 Å². The van der Waals surface area contributed by atoms with Crippen molar-refractivity contribution in [2.75, 3.05) is 0 Å². The summed E-state index contributed by atoms with van der Waals surface area (Å²) in [6.45, 7) is 1.84. The van der Waals surface area contributed by atoms with E-state index in [-0.39, 0.29) is 18.1 Å². The minimum absolute atomic E-state index is 0.0165. The van der Waals surface area contributed by atoms with Crippen molar-refractivity contribution in [3.05, 3.63) is 63.6 Å². The zero-order chi connectivity index (χ0) is 21.0. The second-order valence-corrected chi connectivity index (χ2v) is 7.47. The van der Waals surface area contributed by atoms with Crippen LogP contribution in [-0.4, -0.2) is 22.0 Å². The standard InChI is InChI=1S/C22H26N2O5/c1-15-13-17(25)19(28-14-16-9-5-3-6-10-16)18(24(15)2)20(26)29-22(21(23)27)11-7-4-8-12-22/h3,5-6,9-10,13H,4,7-8,11-12,14H2,1-2H3,(H2,23,27). The molecule has 29 heavy (non-hydrogen) atoms. The molecule has 0 saturated heterocycles. The maximum Gasteiger partial charge on any atom is 0.360 e. The molecule has 0 aliphatic heterocycles. The lowest BCUT2D eigenvalue weighted by Gasteiger charge is -2.34. The summed E-state index contributed by atoms with van der Waals surface area (Å²) in [5.41, 5.74) is 5.24. The molecule has 0 atom stereocenters. The van der Waals surface area contributed by atoms with Gasteiger partial charge < -0.3 is 19.8 Å². The molecule has 1 heterocycles. The molecule has 2 aromatic rings. The molecule has 1 saturated carbocycles. The van der Waals surface area contributed by atoms with Gasteiger partial charge in [-0.15, -0.1) is 0 Å².